The highest BCUT2D eigenvalue weighted by Gasteiger charge is 2.51. The molecule has 1 aromatic heterocycles. The van der Waals surface area contributed by atoms with Crippen molar-refractivity contribution in [2.45, 2.75) is 66.0 Å². The van der Waals surface area contributed by atoms with Crippen LogP contribution in [0.25, 0.3) is 10.9 Å². The first kappa shape index (κ1) is 21.8. The van der Waals surface area contributed by atoms with Gasteiger partial charge in [-0.3, -0.25) is 9.69 Å². The summed E-state index contributed by atoms with van der Waals surface area (Å²) in [6, 6.07) is 4.18. The van der Waals surface area contributed by atoms with Crippen molar-refractivity contribution in [2.75, 3.05) is 18.5 Å². The lowest BCUT2D eigenvalue weighted by Gasteiger charge is -2.40. The van der Waals surface area contributed by atoms with Crippen LogP contribution in [0.5, 0.6) is 0 Å². The third-order valence-electron chi connectivity index (χ3n) is 6.82. The zero-order valence-corrected chi connectivity index (χ0v) is 19.0. The summed E-state index contributed by atoms with van der Waals surface area (Å²) in [6.45, 7) is 11.6. The van der Waals surface area contributed by atoms with Gasteiger partial charge in [0.1, 0.15) is 11.5 Å². The van der Waals surface area contributed by atoms with Gasteiger partial charge in [-0.25, -0.2) is 9.18 Å². The molecule has 7 heteroatoms. The van der Waals surface area contributed by atoms with Crippen molar-refractivity contribution in [3.05, 3.63) is 29.7 Å². The first-order chi connectivity index (χ1) is 14.5. The molecule has 3 atom stereocenters. The maximum absolute atomic E-state index is 13.9. The van der Waals surface area contributed by atoms with Gasteiger partial charge < -0.3 is 15.0 Å². The predicted molar refractivity (Wildman–Crippen MR) is 119 cm³/mol. The van der Waals surface area contributed by atoms with Crippen molar-refractivity contribution in [2.24, 2.45) is 10.8 Å². The van der Waals surface area contributed by atoms with Gasteiger partial charge in [0.15, 0.2) is 0 Å². The molecule has 1 saturated heterocycles. The van der Waals surface area contributed by atoms with Crippen molar-refractivity contribution in [3.8, 4) is 0 Å². The summed E-state index contributed by atoms with van der Waals surface area (Å²) in [7, 11) is 0. The van der Waals surface area contributed by atoms with Crippen LogP contribution in [0.15, 0.2) is 18.2 Å². The zero-order valence-electron chi connectivity index (χ0n) is 19.0. The molecule has 6 nitrogen and oxygen atoms in total. The quantitative estimate of drug-likeness (QED) is 0.675. The van der Waals surface area contributed by atoms with E-state index in [9.17, 15) is 14.0 Å². The third kappa shape index (κ3) is 4.07. The van der Waals surface area contributed by atoms with Crippen molar-refractivity contribution >= 4 is 28.5 Å². The van der Waals surface area contributed by atoms with E-state index in [1.165, 1.54) is 12.1 Å². The van der Waals surface area contributed by atoms with Crippen molar-refractivity contribution in [1.82, 2.24) is 9.88 Å². The zero-order chi connectivity index (χ0) is 22.6. The molecule has 1 amide bonds. The molecule has 31 heavy (non-hydrogen) atoms. The molecule has 4 rings (SSSR count). The fourth-order valence-electron chi connectivity index (χ4n) is 5.99. The Kier molecular flexibility index (Phi) is 5.36. The molecule has 1 aliphatic carbocycles. The number of nitrogens with zero attached hydrogens (tertiary/aromatic N) is 1. The summed E-state index contributed by atoms with van der Waals surface area (Å²) in [5.41, 5.74) is 1.45. The number of hydrogen-bond donors (Lipinski definition) is 2. The first-order valence-electron chi connectivity index (χ1n) is 11.1. The van der Waals surface area contributed by atoms with Gasteiger partial charge in [0.25, 0.3) is 0 Å². The molecule has 1 saturated carbocycles. The number of carbonyl (C=O) groups is 2. The van der Waals surface area contributed by atoms with Gasteiger partial charge in [-0.1, -0.05) is 20.8 Å². The average Bonchev–Trinajstić information content (AvgIpc) is 3.14. The van der Waals surface area contributed by atoms with E-state index in [0.29, 0.717) is 16.9 Å². The Morgan fingerprint density at radius 2 is 2.06 bits per heavy atom. The van der Waals surface area contributed by atoms with Crippen molar-refractivity contribution < 1.29 is 18.7 Å². The van der Waals surface area contributed by atoms with E-state index in [-0.39, 0.29) is 40.8 Å². The van der Waals surface area contributed by atoms with Crippen LogP contribution >= 0.6 is 0 Å². The molecule has 0 spiro atoms. The number of amides is 1. The summed E-state index contributed by atoms with van der Waals surface area (Å²) in [5.74, 6) is -1.22. The Bertz CT molecular complexity index is 1030. The van der Waals surface area contributed by atoms with Crippen LogP contribution in [0.3, 0.4) is 0 Å². The molecular weight excluding hydrogens is 397 g/mol. The van der Waals surface area contributed by atoms with Gasteiger partial charge in [-0.2, -0.15) is 0 Å². The molecule has 168 valence electrons. The fraction of sp³-hybridized carbons (Fsp3) is 0.583. The second-order valence-corrected chi connectivity index (χ2v) is 10.3. The van der Waals surface area contributed by atoms with E-state index in [1.807, 2.05) is 6.92 Å². The number of carbonyl (C=O) groups excluding carboxylic acids is 2. The number of nitrogens with one attached hydrogen (secondary N) is 2. The number of hydrogen-bond acceptors (Lipinski definition) is 4. The summed E-state index contributed by atoms with van der Waals surface area (Å²) in [4.78, 5) is 31.1. The van der Waals surface area contributed by atoms with Gasteiger partial charge in [0, 0.05) is 23.5 Å². The number of likely N-dealkylation sites (tertiary alicyclic amines) is 1. The molecule has 2 aromatic rings. The smallest absolute Gasteiger partial charge is 0.356 e. The highest BCUT2D eigenvalue weighted by atomic mass is 19.1. The van der Waals surface area contributed by atoms with Gasteiger partial charge in [0.05, 0.1) is 18.3 Å². The number of benzene rings is 1. The number of anilines is 1. The molecule has 2 bridgehead atoms. The number of halogens is 1. The van der Waals surface area contributed by atoms with Crippen LogP contribution in [0.1, 0.15) is 64.4 Å². The first-order valence-corrected chi connectivity index (χ1v) is 11.1. The lowest BCUT2D eigenvalue weighted by atomic mass is 9.65. The Balaban J connectivity index is 1.62. The topological polar surface area (TPSA) is 74.4 Å². The molecule has 0 unspecified atom stereocenters. The number of H-pyrrole nitrogens is 1. The number of aromatic nitrogens is 1. The van der Waals surface area contributed by atoms with Gasteiger partial charge in [0.2, 0.25) is 5.91 Å². The number of aromatic amines is 1. The summed E-state index contributed by atoms with van der Waals surface area (Å²) in [6.07, 6.45) is 3.31. The lowest BCUT2D eigenvalue weighted by Crippen LogP contribution is -2.45. The SMILES string of the molecule is CCOC(=O)c1[nH]c2ccc(F)cc2c1NC(=O)[C@H](C)N1C[C@]2(C)C[C@@H]1CC(C)(C)C2. The van der Waals surface area contributed by atoms with Crippen LogP contribution < -0.4 is 5.32 Å². The largest absolute Gasteiger partial charge is 0.461 e. The molecule has 2 N–H and O–H groups in total. The molecule has 1 aromatic carbocycles. The van der Waals surface area contributed by atoms with Gasteiger partial charge >= 0.3 is 5.97 Å². The monoisotopic (exact) mass is 429 g/mol. The van der Waals surface area contributed by atoms with Crippen LogP contribution in [0, 0.1) is 16.6 Å². The minimum absolute atomic E-state index is 0.135. The van der Waals surface area contributed by atoms with E-state index in [0.717, 1.165) is 25.8 Å². The highest BCUT2D eigenvalue weighted by Crippen LogP contribution is 2.53. The molecular formula is C24H32FN3O3. The number of fused-ring (bicyclic) bond motifs is 3. The average molecular weight is 430 g/mol. The maximum atomic E-state index is 13.9. The van der Waals surface area contributed by atoms with Crippen LogP contribution in [-0.2, 0) is 9.53 Å². The standard InChI is InChI=1S/C24H32FN3O3/c1-6-31-22(30)20-19(17-9-15(25)7-8-18(17)26-20)27-21(29)14(2)28-13-24(5)11-16(28)10-23(3,4)12-24/h7-9,14,16,26H,6,10-13H2,1-5H3,(H,27,29)/t14-,16-,24+/m0/s1. The highest BCUT2D eigenvalue weighted by molar-refractivity contribution is 6.11. The summed E-state index contributed by atoms with van der Waals surface area (Å²) < 4.78 is 19.1. The number of rotatable bonds is 5. The Hall–Kier alpha value is -2.41. The Labute approximate surface area is 182 Å². The number of esters is 1. The van der Waals surface area contributed by atoms with E-state index >= 15 is 0 Å². The lowest BCUT2D eigenvalue weighted by molar-refractivity contribution is -0.121. The van der Waals surface area contributed by atoms with E-state index in [2.05, 4.69) is 36.0 Å². The fourth-order valence-corrected chi connectivity index (χ4v) is 5.99. The van der Waals surface area contributed by atoms with E-state index in [4.69, 9.17) is 4.74 Å². The third-order valence-corrected chi connectivity index (χ3v) is 6.82. The molecule has 1 aliphatic heterocycles. The predicted octanol–water partition coefficient (Wildman–Crippen LogP) is 4.71. The summed E-state index contributed by atoms with van der Waals surface area (Å²) in [5, 5.41) is 3.37. The minimum Gasteiger partial charge on any atom is -0.461 e. The van der Waals surface area contributed by atoms with E-state index < -0.39 is 11.8 Å². The Morgan fingerprint density at radius 3 is 2.77 bits per heavy atom. The van der Waals surface area contributed by atoms with Gasteiger partial charge in [-0.05, 0) is 62.1 Å². The second-order valence-electron chi connectivity index (χ2n) is 10.3. The minimum atomic E-state index is -0.576. The van der Waals surface area contributed by atoms with E-state index in [1.54, 1.807) is 13.0 Å². The molecule has 0 radical (unpaired) electrons. The maximum Gasteiger partial charge on any atom is 0.356 e. The van der Waals surface area contributed by atoms with Crippen molar-refractivity contribution in [3.63, 3.8) is 0 Å². The molecule has 2 fully saturated rings. The normalized spacial score (nSPS) is 26.1. The second kappa shape index (κ2) is 7.62. The van der Waals surface area contributed by atoms with Crippen LogP contribution in [0.2, 0.25) is 0 Å². The number of ether oxygens (including phenoxy) is 1. The molecule has 2 heterocycles. The van der Waals surface area contributed by atoms with Crippen LogP contribution in [0.4, 0.5) is 10.1 Å². The summed E-state index contributed by atoms with van der Waals surface area (Å²) >= 11 is 0. The van der Waals surface area contributed by atoms with Crippen molar-refractivity contribution in [1.29, 1.82) is 0 Å². The Morgan fingerprint density at radius 1 is 1.32 bits per heavy atom. The molecule has 2 aliphatic rings. The van der Waals surface area contributed by atoms with Gasteiger partial charge in [-0.15, -0.1) is 0 Å². The van der Waals surface area contributed by atoms with Crippen LogP contribution in [-0.4, -0.2) is 47.0 Å².